The summed E-state index contributed by atoms with van der Waals surface area (Å²) in [5, 5.41) is 7.72. The van der Waals surface area contributed by atoms with Crippen molar-refractivity contribution in [1.82, 2.24) is 9.78 Å². The normalized spacial score (nSPS) is 10.6. The van der Waals surface area contributed by atoms with Crippen molar-refractivity contribution in [2.45, 2.75) is 12.8 Å². The van der Waals surface area contributed by atoms with Crippen molar-refractivity contribution in [2.24, 2.45) is 12.8 Å². The number of aryl methyl sites for hydroxylation is 1. The second-order valence-electron chi connectivity index (χ2n) is 4.73. The highest BCUT2D eigenvalue weighted by Gasteiger charge is 2.09. The van der Waals surface area contributed by atoms with Crippen LogP contribution in [0.1, 0.15) is 17.7 Å². The van der Waals surface area contributed by atoms with E-state index in [1.165, 1.54) is 5.56 Å². The van der Waals surface area contributed by atoms with Crippen molar-refractivity contribution < 1.29 is 4.74 Å². The summed E-state index contributed by atoms with van der Waals surface area (Å²) in [6.45, 7) is 1.56. The number of nitrogens with one attached hydrogen (secondary N) is 1. The van der Waals surface area contributed by atoms with Crippen LogP contribution in [0.25, 0.3) is 0 Å². The maximum Gasteiger partial charge on any atom is 0.119 e. The Morgan fingerprint density at radius 1 is 1.40 bits per heavy atom. The molecule has 0 saturated heterocycles. The van der Waals surface area contributed by atoms with Crippen LogP contribution in [0, 0.1) is 0 Å². The van der Waals surface area contributed by atoms with Crippen LogP contribution in [-0.4, -0.2) is 30.0 Å². The first kappa shape index (κ1) is 14.4. The van der Waals surface area contributed by atoms with E-state index < -0.39 is 0 Å². The van der Waals surface area contributed by atoms with Crippen molar-refractivity contribution >= 4 is 5.69 Å². The van der Waals surface area contributed by atoms with Gasteiger partial charge < -0.3 is 15.8 Å². The Balaban J connectivity index is 2.13. The summed E-state index contributed by atoms with van der Waals surface area (Å²) < 4.78 is 7.17. The maximum absolute atomic E-state index is 5.52. The van der Waals surface area contributed by atoms with Crippen LogP contribution in [0.2, 0.25) is 0 Å². The minimum Gasteiger partial charge on any atom is -0.497 e. The number of nitrogens with zero attached hydrogens (tertiary/aromatic N) is 2. The van der Waals surface area contributed by atoms with E-state index in [1.807, 2.05) is 30.1 Å². The number of methoxy groups -OCH3 is 1. The molecule has 5 nitrogen and oxygen atoms in total. The van der Waals surface area contributed by atoms with Gasteiger partial charge in [-0.3, -0.25) is 4.68 Å². The molecular formula is C15H22N4O. The summed E-state index contributed by atoms with van der Waals surface area (Å²) >= 11 is 0. The average molecular weight is 274 g/mol. The van der Waals surface area contributed by atoms with Crippen LogP contribution in [0.15, 0.2) is 30.5 Å². The molecule has 0 radical (unpaired) electrons. The van der Waals surface area contributed by atoms with Crippen LogP contribution in [-0.2, 0) is 13.5 Å². The monoisotopic (exact) mass is 274 g/mol. The molecule has 0 atom stereocenters. The van der Waals surface area contributed by atoms with Gasteiger partial charge in [-0.15, -0.1) is 0 Å². The summed E-state index contributed by atoms with van der Waals surface area (Å²) in [6.07, 6.45) is 3.64. The molecular weight excluding hydrogens is 252 g/mol. The van der Waals surface area contributed by atoms with E-state index >= 15 is 0 Å². The summed E-state index contributed by atoms with van der Waals surface area (Å²) in [4.78, 5) is 0. The molecule has 1 aromatic carbocycles. The quantitative estimate of drug-likeness (QED) is 0.755. The van der Waals surface area contributed by atoms with E-state index in [4.69, 9.17) is 10.5 Å². The number of benzene rings is 1. The van der Waals surface area contributed by atoms with Crippen LogP contribution >= 0.6 is 0 Å². The number of ether oxygens (including phenoxy) is 1. The molecule has 0 bridgehead atoms. The van der Waals surface area contributed by atoms with Gasteiger partial charge in [-0.1, -0.05) is 12.1 Å². The van der Waals surface area contributed by atoms with E-state index in [0.717, 1.165) is 36.5 Å². The molecule has 0 aliphatic rings. The van der Waals surface area contributed by atoms with Crippen molar-refractivity contribution in [3.8, 4) is 5.75 Å². The van der Waals surface area contributed by atoms with Gasteiger partial charge in [-0.25, -0.2) is 0 Å². The second-order valence-corrected chi connectivity index (χ2v) is 4.73. The number of nitrogens with two attached hydrogens (primary N) is 1. The lowest BCUT2D eigenvalue weighted by Gasteiger charge is -2.09. The first-order valence-electron chi connectivity index (χ1n) is 6.82. The van der Waals surface area contributed by atoms with E-state index in [2.05, 4.69) is 22.5 Å². The molecule has 108 valence electrons. The van der Waals surface area contributed by atoms with Crippen molar-refractivity contribution in [1.29, 1.82) is 0 Å². The Bertz CT molecular complexity index is 551. The van der Waals surface area contributed by atoms with Gasteiger partial charge in [-0.2, -0.15) is 5.10 Å². The van der Waals surface area contributed by atoms with Crippen LogP contribution in [0.5, 0.6) is 5.75 Å². The van der Waals surface area contributed by atoms with Gasteiger partial charge in [0.2, 0.25) is 0 Å². The molecule has 5 heteroatoms. The number of hydrogen-bond donors (Lipinski definition) is 2. The standard InChI is InChI=1S/C15H22N4O/c1-19-15(14(11-18-19)17-8-4-7-16)10-12-5-3-6-13(9-12)20-2/h3,5-6,9,11,17H,4,7-8,10,16H2,1-2H3. The Labute approximate surface area is 119 Å². The third-order valence-electron chi connectivity index (χ3n) is 3.26. The highest BCUT2D eigenvalue weighted by molar-refractivity contribution is 5.48. The van der Waals surface area contributed by atoms with Gasteiger partial charge in [0.25, 0.3) is 0 Å². The zero-order valence-electron chi connectivity index (χ0n) is 12.1. The zero-order valence-corrected chi connectivity index (χ0v) is 12.1. The third-order valence-corrected chi connectivity index (χ3v) is 3.26. The molecule has 3 N–H and O–H groups in total. The van der Waals surface area contributed by atoms with E-state index in [9.17, 15) is 0 Å². The largest absolute Gasteiger partial charge is 0.497 e. The van der Waals surface area contributed by atoms with Crippen molar-refractivity contribution in [3.63, 3.8) is 0 Å². The fourth-order valence-electron chi connectivity index (χ4n) is 2.12. The SMILES string of the molecule is COc1cccc(Cc2c(NCCCN)cnn2C)c1. The number of hydrogen-bond acceptors (Lipinski definition) is 4. The lowest BCUT2D eigenvalue weighted by molar-refractivity contribution is 0.414. The summed E-state index contributed by atoms with van der Waals surface area (Å²) in [7, 11) is 3.65. The van der Waals surface area contributed by atoms with Gasteiger partial charge in [0, 0.05) is 20.0 Å². The molecule has 0 saturated carbocycles. The Kier molecular flexibility index (Phi) is 5.01. The molecule has 0 amide bonds. The Morgan fingerprint density at radius 2 is 2.25 bits per heavy atom. The third kappa shape index (κ3) is 3.51. The number of aromatic nitrogens is 2. The van der Waals surface area contributed by atoms with Crippen LogP contribution < -0.4 is 15.8 Å². The van der Waals surface area contributed by atoms with Gasteiger partial charge in [0.15, 0.2) is 0 Å². The van der Waals surface area contributed by atoms with Gasteiger partial charge in [0.05, 0.1) is 24.7 Å². The Hall–Kier alpha value is -2.01. The molecule has 0 spiro atoms. The van der Waals surface area contributed by atoms with Crippen molar-refractivity contribution in [3.05, 3.63) is 41.7 Å². The highest BCUT2D eigenvalue weighted by Crippen LogP contribution is 2.21. The minimum atomic E-state index is 0.693. The summed E-state index contributed by atoms with van der Waals surface area (Å²) in [5.41, 5.74) is 8.96. The number of rotatable bonds is 7. The highest BCUT2D eigenvalue weighted by atomic mass is 16.5. The minimum absolute atomic E-state index is 0.693. The van der Waals surface area contributed by atoms with E-state index in [-0.39, 0.29) is 0 Å². The van der Waals surface area contributed by atoms with Crippen LogP contribution in [0.3, 0.4) is 0 Å². The molecule has 0 aliphatic carbocycles. The summed E-state index contributed by atoms with van der Waals surface area (Å²) in [5.74, 6) is 0.877. The number of anilines is 1. The molecule has 1 aromatic heterocycles. The zero-order chi connectivity index (χ0) is 14.4. The van der Waals surface area contributed by atoms with E-state index in [0.29, 0.717) is 6.54 Å². The van der Waals surface area contributed by atoms with Gasteiger partial charge in [-0.05, 0) is 30.7 Å². The van der Waals surface area contributed by atoms with Crippen LogP contribution in [0.4, 0.5) is 5.69 Å². The molecule has 0 aliphatic heterocycles. The van der Waals surface area contributed by atoms with Gasteiger partial charge >= 0.3 is 0 Å². The maximum atomic E-state index is 5.52. The predicted octanol–water partition coefficient (Wildman–Crippen LogP) is 1.78. The summed E-state index contributed by atoms with van der Waals surface area (Å²) in [6, 6.07) is 8.11. The molecule has 0 fully saturated rings. The average Bonchev–Trinajstić information content (AvgIpc) is 2.81. The first-order chi connectivity index (χ1) is 9.74. The van der Waals surface area contributed by atoms with E-state index in [1.54, 1.807) is 7.11 Å². The fraction of sp³-hybridized carbons (Fsp3) is 0.400. The molecule has 1 heterocycles. The van der Waals surface area contributed by atoms with Crippen molar-refractivity contribution in [2.75, 3.05) is 25.5 Å². The first-order valence-corrected chi connectivity index (χ1v) is 6.82. The molecule has 2 rings (SSSR count). The predicted molar refractivity (Wildman–Crippen MR) is 81.2 cm³/mol. The topological polar surface area (TPSA) is 65.1 Å². The molecule has 2 aromatic rings. The second kappa shape index (κ2) is 6.96. The Morgan fingerprint density at radius 3 is 3.00 bits per heavy atom. The van der Waals surface area contributed by atoms with Gasteiger partial charge in [0.1, 0.15) is 5.75 Å². The molecule has 0 unspecified atom stereocenters. The molecule has 20 heavy (non-hydrogen) atoms. The lowest BCUT2D eigenvalue weighted by atomic mass is 10.1. The smallest absolute Gasteiger partial charge is 0.119 e. The lowest BCUT2D eigenvalue weighted by Crippen LogP contribution is -2.10. The fourth-order valence-corrected chi connectivity index (χ4v) is 2.12.